The van der Waals surface area contributed by atoms with Crippen LogP contribution in [0.15, 0.2) is 43.0 Å². The maximum absolute atomic E-state index is 13.6. The summed E-state index contributed by atoms with van der Waals surface area (Å²) >= 11 is 6.02. The van der Waals surface area contributed by atoms with Gasteiger partial charge < -0.3 is 15.9 Å². The SMILES string of the molecule is C=C(c1nc(C)c([C@@](C)(C(=O)CCC)c2ccc(CCC(=O)O)cc2)c(N)n1)c1cc(O)c(Cl)cc1C. The Morgan fingerprint density at radius 3 is 2.32 bits per heavy atom. The van der Waals surface area contributed by atoms with E-state index in [1.165, 1.54) is 6.07 Å². The van der Waals surface area contributed by atoms with Crippen LogP contribution in [0.25, 0.3) is 5.57 Å². The largest absolute Gasteiger partial charge is 0.506 e. The lowest BCUT2D eigenvalue weighted by molar-refractivity contribution is -0.137. The third-order valence-corrected chi connectivity index (χ3v) is 7.00. The number of rotatable bonds is 10. The van der Waals surface area contributed by atoms with E-state index in [-0.39, 0.29) is 34.6 Å². The van der Waals surface area contributed by atoms with Gasteiger partial charge in [0.15, 0.2) is 5.82 Å². The molecule has 194 valence electrons. The number of aryl methyl sites for hydroxylation is 3. The van der Waals surface area contributed by atoms with Gasteiger partial charge in [0.1, 0.15) is 17.4 Å². The first-order chi connectivity index (χ1) is 17.4. The number of nitrogen functional groups attached to an aromatic ring is 1. The maximum atomic E-state index is 13.6. The smallest absolute Gasteiger partial charge is 0.303 e. The Bertz CT molecular complexity index is 1350. The van der Waals surface area contributed by atoms with Gasteiger partial charge in [-0.3, -0.25) is 9.59 Å². The quantitative estimate of drug-likeness (QED) is 0.308. The second-order valence-corrected chi connectivity index (χ2v) is 9.79. The van der Waals surface area contributed by atoms with Crippen LogP contribution in [0.3, 0.4) is 0 Å². The summed E-state index contributed by atoms with van der Waals surface area (Å²) < 4.78 is 0. The summed E-state index contributed by atoms with van der Waals surface area (Å²) in [6.45, 7) is 11.5. The number of nitrogens with two attached hydrogens (primary N) is 1. The molecule has 0 fully saturated rings. The Morgan fingerprint density at radius 2 is 1.76 bits per heavy atom. The molecule has 0 saturated heterocycles. The van der Waals surface area contributed by atoms with Crippen molar-refractivity contribution in [2.75, 3.05) is 5.73 Å². The lowest BCUT2D eigenvalue weighted by Crippen LogP contribution is -2.36. The average molecular weight is 522 g/mol. The number of nitrogens with zero attached hydrogens (tertiary/aromatic N) is 2. The Balaban J connectivity index is 2.10. The molecular weight excluding hydrogens is 490 g/mol. The fourth-order valence-corrected chi connectivity index (χ4v) is 4.85. The Hall–Kier alpha value is -3.71. The van der Waals surface area contributed by atoms with Crippen molar-refractivity contribution in [1.29, 1.82) is 0 Å². The minimum absolute atomic E-state index is 0.0169. The summed E-state index contributed by atoms with van der Waals surface area (Å²) in [6, 6.07) is 10.5. The number of carboxylic acids is 1. The molecule has 8 heteroatoms. The Morgan fingerprint density at radius 1 is 1.11 bits per heavy atom. The molecular formula is C29H32ClN3O4. The molecule has 0 aliphatic heterocycles. The molecule has 1 atom stereocenters. The van der Waals surface area contributed by atoms with E-state index in [1.807, 2.05) is 45.0 Å². The van der Waals surface area contributed by atoms with E-state index in [4.69, 9.17) is 22.4 Å². The molecule has 0 radical (unpaired) electrons. The molecule has 3 rings (SSSR count). The number of carbonyl (C=O) groups is 2. The van der Waals surface area contributed by atoms with Gasteiger partial charge in [-0.2, -0.15) is 0 Å². The fraction of sp³-hybridized carbons (Fsp3) is 0.310. The third kappa shape index (κ3) is 5.67. The highest BCUT2D eigenvalue weighted by Gasteiger charge is 2.40. The van der Waals surface area contributed by atoms with Gasteiger partial charge in [0.2, 0.25) is 0 Å². The van der Waals surface area contributed by atoms with E-state index in [2.05, 4.69) is 16.5 Å². The molecule has 0 aliphatic carbocycles. The zero-order valence-corrected chi connectivity index (χ0v) is 22.3. The molecule has 4 N–H and O–H groups in total. The number of carbonyl (C=O) groups excluding carboxylic acids is 1. The summed E-state index contributed by atoms with van der Waals surface area (Å²) in [5.74, 6) is -0.497. The first kappa shape index (κ1) is 27.9. The predicted octanol–water partition coefficient (Wildman–Crippen LogP) is 5.79. The second-order valence-electron chi connectivity index (χ2n) is 9.38. The minimum atomic E-state index is -1.11. The van der Waals surface area contributed by atoms with Crippen molar-refractivity contribution in [3.8, 4) is 5.75 Å². The van der Waals surface area contributed by atoms with E-state index in [0.29, 0.717) is 41.7 Å². The monoisotopic (exact) mass is 521 g/mol. The highest BCUT2D eigenvalue weighted by Crippen LogP contribution is 2.40. The molecule has 0 bridgehead atoms. The molecule has 0 saturated carbocycles. The lowest BCUT2D eigenvalue weighted by atomic mass is 9.71. The van der Waals surface area contributed by atoms with Gasteiger partial charge >= 0.3 is 5.97 Å². The summed E-state index contributed by atoms with van der Waals surface area (Å²) in [5, 5.41) is 19.3. The molecule has 2 aromatic carbocycles. The van der Waals surface area contributed by atoms with Crippen LogP contribution in [0.2, 0.25) is 5.02 Å². The third-order valence-electron chi connectivity index (χ3n) is 6.70. The topological polar surface area (TPSA) is 126 Å². The summed E-state index contributed by atoms with van der Waals surface area (Å²) in [7, 11) is 0. The van der Waals surface area contributed by atoms with E-state index in [0.717, 1.165) is 16.7 Å². The van der Waals surface area contributed by atoms with Crippen molar-refractivity contribution in [2.45, 2.75) is 58.8 Å². The van der Waals surface area contributed by atoms with E-state index in [1.54, 1.807) is 13.0 Å². The molecule has 3 aromatic rings. The number of anilines is 1. The van der Waals surface area contributed by atoms with Crippen LogP contribution >= 0.6 is 11.6 Å². The average Bonchev–Trinajstić information content (AvgIpc) is 2.84. The molecule has 0 aliphatic rings. The number of Topliss-reactive ketones (excluding diaryl/α,β-unsaturated/α-hetero) is 1. The van der Waals surface area contributed by atoms with Gasteiger partial charge in [-0.25, -0.2) is 9.97 Å². The summed E-state index contributed by atoms with van der Waals surface area (Å²) in [4.78, 5) is 33.7. The zero-order valence-electron chi connectivity index (χ0n) is 21.6. The normalized spacial score (nSPS) is 12.7. The van der Waals surface area contributed by atoms with Crippen LogP contribution < -0.4 is 5.73 Å². The standard InChI is InChI=1S/C29H32ClN3O4/c1-6-7-24(35)29(5,20-11-8-19(9-12-20)10-13-25(36)37)26-18(4)32-28(33-27(26)31)17(3)21-15-23(34)22(30)14-16(21)2/h8-9,11-12,14-15,34H,3,6-7,10,13H2,1-2,4-5H3,(H,36,37)(H2,31,32,33)/t29-/m1/s1. The number of hydrogen-bond acceptors (Lipinski definition) is 6. The summed E-state index contributed by atoms with van der Waals surface area (Å²) in [6.07, 6.45) is 1.44. The first-order valence-electron chi connectivity index (χ1n) is 12.1. The number of phenols is 1. The van der Waals surface area contributed by atoms with Gasteiger partial charge in [0.25, 0.3) is 0 Å². The fourth-order valence-electron chi connectivity index (χ4n) is 4.63. The summed E-state index contributed by atoms with van der Waals surface area (Å²) in [5.41, 5.74) is 9.97. The zero-order chi connectivity index (χ0) is 27.5. The van der Waals surface area contributed by atoms with Crippen LogP contribution in [0, 0.1) is 13.8 Å². The number of aromatic nitrogens is 2. The van der Waals surface area contributed by atoms with Crippen LogP contribution in [0.5, 0.6) is 5.75 Å². The number of aliphatic carboxylic acids is 1. The second kappa shape index (κ2) is 11.1. The Labute approximate surface area is 222 Å². The van der Waals surface area contributed by atoms with Crippen LogP contribution in [0.1, 0.15) is 72.4 Å². The van der Waals surface area contributed by atoms with E-state index in [9.17, 15) is 14.7 Å². The maximum Gasteiger partial charge on any atom is 0.303 e. The predicted molar refractivity (Wildman–Crippen MR) is 146 cm³/mol. The molecule has 0 unspecified atom stereocenters. The number of ketones is 1. The Kier molecular flexibility index (Phi) is 8.39. The minimum Gasteiger partial charge on any atom is -0.506 e. The molecule has 7 nitrogen and oxygen atoms in total. The van der Waals surface area contributed by atoms with Gasteiger partial charge in [0, 0.05) is 29.7 Å². The number of carboxylic acid groups (broad SMARTS) is 1. The molecule has 1 aromatic heterocycles. The number of phenolic OH excluding ortho intramolecular Hbond substituents is 1. The van der Waals surface area contributed by atoms with Crippen molar-refractivity contribution in [3.05, 3.63) is 87.3 Å². The van der Waals surface area contributed by atoms with Crippen LogP contribution in [-0.4, -0.2) is 31.9 Å². The van der Waals surface area contributed by atoms with Crippen molar-refractivity contribution in [3.63, 3.8) is 0 Å². The molecule has 1 heterocycles. The van der Waals surface area contributed by atoms with Crippen molar-refractivity contribution in [2.24, 2.45) is 0 Å². The van der Waals surface area contributed by atoms with Crippen molar-refractivity contribution < 1.29 is 19.8 Å². The van der Waals surface area contributed by atoms with Crippen LogP contribution in [0.4, 0.5) is 5.82 Å². The van der Waals surface area contributed by atoms with Gasteiger partial charge in [0.05, 0.1) is 10.4 Å². The highest BCUT2D eigenvalue weighted by atomic mass is 35.5. The van der Waals surface area contributed by atoms with Gasteiger partial charge in [-0.1, -0.05) is 49.4 Å². The van der Waals surface area contributed by atoms with Gasteiger partial charge in [-0.15, -0.1) is 0 Å². The number of aromatic hydroxyl groups is 1. The van der Waals surface area contributed by atoms with E-state index < -0.39 is 11.4 Å². The lowest BCUT2D eigenvalue weighted by Gasteiger charge is -2.31. The van der Waals surface area contributed by atoms with Crippen LogP contribution in [-0.2, 0) is 21.4 Å². The van der Waals surface area contributed by atoms with E-state index >= 15 is 0 Å². The molecule has 37 heavy (non-hydrogen) atoms. The van der Waals surface area contributed by atoms with Gasteiger partial charge in [-0.05, 0) is 68.0 Å². The van der Waals surface area contributed by atoms with Crippen molar-refractivity contribution in [1.82, 2.24) is 9.97 Å². The number of hydrogen-bond donors (Lipinski definition) is 3. The molecule has 0 amide bonds. The number of halogens is 1. The molecule has 0 spiro atoms. The number of benzene rings is 2. The highest BCUT2D eigenvalue weighted by molar-refractivity contribution is 6.32. The van der Waals surface area contributed by atoms with Crippen molar-refractivity contribution >= 4 is 34.7 Å². The first-order valence-corrected chi connectivity index (χ1v) is 12.5.